The van der Waals surface area contributed by atoms with Gasteiger partial charge in [0.15, 0.2) is 0 Å². The van der Waals surface area contributed by atoms with E-state index in [1.165, 1.54) is 0 Å². The van der Waals surface area contributed by atoms with Gasteiger partial charge in [-0.05, 0) is 45.0 Å². The molecule has 21 heavy (non-hydrogen) atoms. The number of hydrogen-bond acceptors (Lipinski definition) is 4. The number of halogens is 1. The molecule has 0 heterocycles. The van der Waals surface area contributed by atoms with Gasteiger partial charge in [-0.3, -0.25) is 0 Å². The van der Waals surface area contributed by atoms with Gasteiger partial charge in [0.1, 0.15) is 0 Å². The number of sulfonamides is 1. The first-order valence-electron chi connectivity index (χ1n) is 6.94. The standard InChI is InChI=1S/C14H24BrN3O2S/c1-5-10(2)18(4)7-6-17-21(19,20)14-9-12(15)8-13(16)11(14)3/h8-10,17H,5-7,16H2,1-4H3. The minimum atomic E-state index is -3.55. The van der Waals surface area contributed by atoms with Gasteiger partial charge in [0, 0.05) is 29.3 Å². The van der Waals surface area contributed by atoms with Gasteiger partial charge >= 0.3 is 0 Å². The number of nitrogens with two attached hydrogens (primary N) is 1. The van der Waals surface area contributed by atoms with Crippen molar-refractivity contribution in [3.05, 3.63) is 22.2 Å². The van der Waals surface area contributed by atoms with E-state index in [2.05, 4.69) is 39.4 Å². The van der Waals surface area contributed by atoms with E-state index >= 15 is 0 Å². The van der Waals surface area contributed by atoms with Gasteiger partial charge < -0.3 is 10.6 Å². The van der Waals surface area contributed by atoms with Crippen LogP contribution in [0.15, 0.2) is 21.5 Å². The Morgan fingerprint density at radius 3 is 2.62 bits per heavy atom. The summed E-state index contributed by atoms with van der Waals surface area (Å²) in [5.74, 6) is 0. The van der Waals surface area contributed by atoms with Gasteiger partial charge in [-0.2, -0.15) is 0 Å². The molecule has 120 valence electrons. The molecule has 0 saturated carbocycles. The van der Waals surface area contributed by atoms with Gasteiger partial charge in [-0.1, -0.05) is 22.9 Å². The average Bonchev–Trinajstić information content (AvgIpc) is 2.41. The maximum absolute atomic E-state index is 12.4. The van der Waals surface area contributed by atoms with Crippen LogP contribution in [0.4, 0.5) is 5.69 Å². The van der Waals surface area contributed by atoms with Crippen LogP contribution in [0.2, 0.25) is 0 Å². The van der Waals surface area contributed by atoms with Crippen LogP contribution >= 0.6 is 15.9 Å². The molecule has 0 aliphatic heterocycles. The fourth-order valence-electron chi connectivity index (χ4n) is 1.92. The molecule has 1 unspecified atom stereocenters. The molecular formula is C14H24BrN3O2S. The Bertz CT molecular complexity index is 590. The molecule has 0 aliphatic carbocycles. The molecule has 7 heteroatoms. The number of likely N-dealkylation sites (N-methyl/N-ethyl adjacent to an activating group) is 1. The largest absolute Gasteiger partial charge is 0.398 e. The highest BCUT2D eigenvalue weighted by Gasteiger charge is 2.19. The Morgan fingerprint density at radius 1 is 1.43 bits per heavy atom. The zero-order valence-corrected chi connectivity index (χ0v) is 15.4. The smallest absolute Gasteiger partial charge is 0.240 e. The Kier molecular flexibility index (Phi) is 6.65. The predicted octanol–water partition coefficient (Wildman–Crippen LogP) is 2.35. The van der Waals surface area contributed by atoms with Crippen LogP contribution in [0.25, 0.3) is 0 Å². The van der Waals surface area contributed by atoms with Crippen LogP contribution in [0, 0.1) is 6.92 Å². The number of benzene rings is 1. The van der Waals surface area contributed by atoms with Crippen LogP contribution < -0.4 is 10.5 Å². The van der Waals surface area contributed by atoms with Crippen LogP contribution in [0.5, 0.6) is 0 Å². The van der Waals surface area contributed by atoms with Crippen LogP contribution in [-0.2, 0) is 10.0 Å². The quantitative estimate of drug-likeness (QED) is 0.715. The second-order valence-electron chi connectivity index (χ2n) is 5.25. The summed E-state index contributed by atoms with van der Waals surface area (Å²) in [5, 5.41) is 0. The Hall–Kier alpha value is -0.630. The highest BCUT2D eigenvalue weighted by molar-refractivity contribution is 9.10. The van der Waals surface area contributed by atoms with E-state index < -0.39 is 10.0 Å². The van der Waals surface area contributed by atoms with E-state index in [1.54, 1.807) is 19.1 Å². The van der Waals surface area contributed by atoms with E-state index in [-0.39, 0.29) is 4.90 Å². The minimum Gasteiger partial charge on any atom is -0.398 e. The second kappa shape index (κ2) is 7.58. The van der Waals surface area contributed by atoms with E-state index in [0.29, 0.717) is 34.9 Å². The van der Waals surface area contributed by atoms with Crippen molar-refractivity contribution in [2.75, 3.05) is 25.9 Å². The summed E-state index contributed by atoms with van der Waals surface area (Å²) in [6, 6.07) is 3.70. The third-order valence-corrected chi connectivity index (χ3v) is 5.80. The molecule has 3 N–H and O–H groups in total. The lowest BCUT2D eigenvalue weighted by atomic mass is 10.2. The molecule has 1 rings (SSSR count). The van der Waals surface area contributed by atoms with Crippen LogP contribution in [-0.4, -0.2) is 39.5 Å². The number of nitrogen functional groups attached to an aromatic ring is 1. The van der Waals surface area contributed by atoms with Gasteiger partial charge in [-0.25, -0.2) is 13.1 Å². The molecular weight excluding hydrogens is 354 g/mol. The van der Waals surface area contributed by atoms with Gasteiger partial charge in [0.05, 0.1) is 4.90 Å². The molecule has 0 aromatic heterocycles. The van der Waals surface area contributed by atoms with E-state index in [0.717, 1.165) is 6.42 Å². The van der Waals surface area contributed by atoms with E-state index in [4.69, 9.17) is 5.73 Å². The fraction of sp³-hybridized carbons (Fsp3) is 0.571. The first-order valence-corrected chi connectivity index (χ1v) is 9.22. The Labute approximate surface area is 136 Å². The highest BCUT2D eigenvalue weighted by atomic mass is 79.9. The van der Waals surface area contributed by atoms with Crippen molar-refractivity contribution < 1.29 is 8.42 Å². The molecule has 5 nitrogen and oxygen atoms in total. The molecule has 0 bridgehead atoms. The van der Waals surface area contributed by atoms with Crippen molar-refractivity contribution in [2.24, 2.45) is 0 Å². The average molecular weight is 378 g/mol. The summed E-state index contributed by atoms with van der Waals surface area (Å²) in [4.78, 5) is 2.35. The van der Waals surface area contributed by atoms with E-state index in [1.807, 2.05) is 7.05 Å². The van der Waals surface area contributed by atoms with Crippen LogP contribution in [0.1, 0.15) is 25.8 Å². The van der Waals surface area contributed by atoms with Crippen molar-refractivity contribution in [3.8, 4) is 0 Å². The number of anilines is 1. The number of rotatable bonds is 7. The normalized spacial score (nSPS) is 13.6. The minimum absolute atomic E-state index is 0.223. The first-order chi connectivity index (χ1) is 9.69. The SMILES string of the molecule is CCC(C)N(C)CCNS(=O)(=O)c1cc(Br)cc(N)c1C. The molecule has 0 aliphatic rings. The molecule has 1 aromatic carbocycles. The molecule has 1 aromatic rings. The predicted molar refractivity (Wildman–Crippen MR) is 90.9 cm³/mol. The van der Waals surface area contributed by atoms with E-state index in [9.17, 15) is 8.42 Å². The number of hydrogen-bond donors (Lipinski definition) is 2. The summed E-state index contributed by atoms with van der Waals surface area (Å²) in [6.07, 6.45) is 1.03. The summed E-state index contributed by atoms with van der Waals surface area (Å²) >= 11 is 3.28. The summed E-state index contributed by atoms with van der Waals surface area (Å²) in [7, 11) is -1.56. The molecule has 0 saturated heterocycles. The fourth-order valence-corrected chi connectivity index (χ4v) is 3.87. The van der Waals surface area contributed by atoms with Crippen LogP contribution in [0.3, 0.4) is 0 Å². The lowest BCUT2D eigenvalue weighted by Crippen LogP contribution is -2.37. The Balaban J connectivity index is 2.79. The number of nitrogens with one attached hydrogen (secondary N) is 1. The lowest BCUT2D eigenvalue weighted by Gasteiger charge is -2.23. The maximum atomic E-state index is 12.4. The zero-order chi connectivity index (χ0) is 16.2. The molecule has 0 spiro atoms. The Morgan fingerprint density at radius 2 is 2.05 bits per heavy atom. The molecule has 0 amide bonds. The maximum Gasteiger partial charge on any atom is 0.240 e. The topological polar surface area (TPSA) is 75.4 Å². The third-order valence-electron chi connectivity index (χ3n) is 3.75. The number of nitrogens with zero attached hydrogens (tertiary/aromatic N) is 1. The van der Waals surface area contributed by atoms with Crippen molar-refractivity contribution >= 4 is 31.6 Å². The summed E-state index contributed by atoms with van der Waals surface area (Å²) in [6.45, 7) is 6.97. The summed E-state index contributed by atoms with van der Waals surface area (Å²) < 4.78 is 28.0. The first kappa shape index (κ1) is 18.4. The van der Waals surface area contributed by atoms with Crippen molar-refractivity contribution in [1.82, 2.24) is 9.62 Å². The molecule has 1 atom stereocenters. The van der Waals surface area contributed by atoms with Crippen molar-refractivity contribution in [1.29, 1.82) is 0 Å². The van der Waals surface area contributed by atoms with Crippen molar-refractivity contribution in [2.45, 2.75) is 38.1 Å². The van der Waals surface area contributed by atoms with Gasteiger partial charge in [-0.15, -0.1) is 0 Å². The third kappa shape index (κ3) is 4.95. The van der Waals surface area contributed by atoms with Gasteiger partial charge in [0.25, 0.3) is 0 Å². The zero-order valence-electron chi connectivity index (χ0n) is 13.0. The van der Waals surface area contributed by atoms with Gasteiger partial charge in [0.2, 0.25) is 10.0 Å². The lowest BCUT2D eigenvalue weighted by molar-refractivity contribution is 0.256. The monoisotopic (exact) mass is 377 g/mol. The summed E-state index contributed by atoms with van der Waals surface area (Å²) in [5.41, 5.74) is 6.85. The second-order valence-corrected chi connectivity index (χ2v) is 7.90. The molecule has 0 radical (unpaired) electrons. The highest BCUT2D eigenvalue weighted by Crippen LogP contribution is 2.26. The molecule has 0 fully saturated rings. The van der Waals surface area contributed by atoms with Crippen molar-refractivity contribution in [3.63, 3.8) is 0 Å².